The summed E-state index contributed by atoms with van der Waals surface area (Å²) in [5, 5.41) is 10.1. The minimum absolute atomic E-state index is 0.461. The molecular weight excluding hydrogens is 186 g/mol. The van der Waals surface area contributed by atoms with Crippen LogP contribution in [0.3, 0.4) is 0 Å². The van der Waals surface area contributed by atoms with Gasteiger partial charge in [-0.2, -0.15) is 0 Å². The highest BCUT2D eigenvalue weighted by molar-refractivity contribution is 6.68. The Morgan fingerprint density at radius 3 is 2.92 bits per heavy atom. The predicted octanol–water partition coefficient (Wildman–Crippen LogP) is 1.77. The summed E-state index contributed by atoms with van der Waals surface area (Å²) in [4.78, 5) is 0. The van der Waals surface area contributed by atoms with Crippen LogP contribution in [0.1, 0.15) is 5.56 Å². The Kier molecular flexibility index (Phi) is 2.40. The van der Waals surface area contributed by atoms with Gasteiger partial charge in [-0.1, -0.05) is 29.8 Å². The third-order valence-corrected chi connectivity index (χ3v) is 2.22. The molecule has 0 saturated carbocycles. The molecule has 13 heavy (non-hydrogen) atoms. The van der Waals surface area contributed by atoms with Gasteiger partial charge in [0.25, 0.3) is 0 Å². The molecule has 0 radical (unpaired) electrons. The fraction of sp³-hybridized carbons (Fsp3) is 0.111. The molecule has 0 atom stereocenters. The van der Waals surface area contributed by atoms with E-state index in [-0.39, 0.29) is 0 Å². The van der Waals surface area contributed by atoms with Crippen molar-refractivity contribution in [1.29, 1.82) is 0 Å². The second kappa shape index (κ2) is 3.54. The van der Waals surface area contributed by atoms with Gasteiger partial charge in [0.15, 0.2) is 0 Å². The second-order valence-electron chi connectivity index (χ2n) is 2.86. The molecule has 0 aromatic heterocycles. The smallest absolute Gasteiger partial charge is 0.423 e. The van der Waals surface area contributed by atoms with Crippen LogP contribution in [0.2, 0.25) is 5.02 Å². The predicted molar refractivity (Wildman–Crippen MR) is 53.4 cm³/mol. The maximum absolute atomic E-state index is 9.40. The van der Waals surface area contributed by atoms with Gasteiger partial charge in [0, 0.05) is 5.02 Å². The molecule has 0 unspecified atom stereocenters. The van der Waals surface area contributed by atoms with Crippen LogP contribution in [0.5, 0.6) is 0 Å². The van der Waals surface area contributed by atoms with Crippen LogP contribution in [0.4, 0.5) is 0 Å². The van der Waals surface area contributed by atoms with E-state index in [4.69, 9.17) is 16.3 Å². The van der Waals surface area contributed by atoms with Gasteiger partial charge >= 0.3 is 7.12 Å². The van der Waals surface area contributed by atoms with E-state index in [1.807, 2.05) is 24.3 Å². The van der Waals surface area contributed by atoms with Crippen molar-refractivity contribution in [3.8, 4) is 0 Å². The minimum Gasteiger partial charge on any atom is -0.423 e. The summed E-state index contributed by atoms with van der Waals surface area (Å²) < 4.78 is 4.98. The lowest BCUT2D eigenvalue weighted by Gasteiger charge is -2.03. The zero-order valence-electron chi connectivity index (χ0n) is 6.90. The summed E-state index contributed by atoms with van der Waals surface area (Å²) in [5.41, 5.74) is 1.71. The number of rotatable bonds is 1. The van der Waals surface area contributed by atoms with E-state index in [2.05, 4.69) is 0 Å². The molecule has 0 spiro atoms. The molecule has 1 aromatic carbocycles. The molecule has 0 amide bonds. The van der Waals surface area contributed by atoms with E-state index >= 15 is 0 Å². The first-order chi connectivity index (χ1) is 6.27. The van der Waals surface area contributed by atoms with E-state index in [9.17, 15) is 5.02 Å². The van der Waals surface area contributed by atoms with E-state index in [1.165, 1.54) is 0 Å². The summed E-state index contributed by atoms with van der Waals surface area (Å²) in [6.07, 6.45) is 1.86. The monoisotopic (exact) mass is 194 g/mol. The number of hydrogen-bond acceptors (Lipinski definition) is 2. The van der Waals surface area contributed by atoms with Gasteiger partial charge in [-0.25, -0.2) is 0 Å². The zero-order chi connectivity index (χ0) is 9.26. The van der Waals surface area contributed by atoms with Crippen molar-refractivity contribution in [3.63, 3.8) is 0 Å². The Bertz CT molecular complexity index is 351. The molecule has 4 heteroatoms. The quantitative estimate of drug-likeness (QED) is 0.691. The van der Waals surface area contributed by atoms with Gasteiger partial charge < -0.3 is 9.68 Å². The summed E-state index contributed by atoms with van der Waals surface area (Å²) in [6, 6.07) is 7.36. The SMILES string of the molecule is OB1OCC=C1c1cccc(Cl)c1. The van der Waals surface area contributed by atoms with Crippen molar-refractivity contribution < 1.29 is 9.68 Å². The lowest BCUT2D eigenvalue weighted by molar-refractivity contribution is 0.316. The van der Waals surface area contributed by atoms with Crippen molar-refractivity contribution in [2.75, 3.05) is 6.61 Å². The van der Waals surface area contributed by atoms with Crippen molar-refractivity contribution >= 4 is 24.2 Å². The molecular formula is C9H8BClO2. The van der Waals surface area contributed by atoms with Crippen LogP contribution >= 0.6 is 11.6 Å². The Morgan fingerprint density at radius 2 is 2.31 bits per heavy atom. The van der Waals surface area contributed by atoms with E-state index in [1.54, 1.807) is 6.07 Å². The minimum atomic E-state index is -0.807. The topological polar surface area (TPSA) is 29.5 Å². The maximum Gasteiger partial charge on any atom is 0.491 e. The zero-order valence-corrected chi connectivity index (χ0v) is 7.66. The van der Waals surface area contributed by atoms with E-state index in [0.717, 1.165) is 11.0 Å². The molecule has 0 bridgehead atoms. The average Bonchev–Trinajstić information content (AvgIpc) is 2.51. The summed E-state index contributed by atoms with van der Waals surface area (Å²) >= 11 is 5.82. The highest BCUT2D eigenvalue weighted by atomic mass is 35.5. The molecule has 0 aliphatic carbocycles. The Hall–Kier alpha value is -0.765. The average molecular weight is 194 g/mol. The summed E-state index contributed by atoms with van der Waals surface area (Å²) in [5.74, 6) is 0. The van der Waals surface area contributed by atoms with Gasteiger partial charge in [0.1, 0.15) is 0 Å². The lowest BCUT2D eigenvalue weighted by Crippen LogP contribution is -2.14. The van der Waals surface area contributed by atoms with Gasteiger partial charge in [-0.05, 0) is 23.2 Å². The highest BCUT2D eigenvalue weighted by Gasteiger charge is 2.25. The first kappa shape index (κ1) is 8.82. The Morgan fingerprint density at radius 1 is 1.46 bits per heavy atom. The first-order valence-corrected chi connectivity index (χ1v) is 4.41. The Balaban J connectivity index is 2.35. The van der Waals surface area contributed by atoms with Gasteiger partial charge in [0.05, 0.1) is 6.61 Å². The van der Waals surface area contributed by atoms with Crippen molar-refractivity contribution in [2.45, 2.75) is 0 Å². The van der Waals surface area contributed by atoms with Crippen LogP contribution in [0.15, 0.2) is 30.3 Å². The molecule has 66 valence electrons. The van der Waals surface area contributed by atoms with Gasteiger partial charge in [-0.15, -0.1) is 0 Å². The molecule has 1 aliphatic heterocycles. The highest BCUT2D eigenvalue weighted by Crippen LogP contribution is 2.23. The largest absolute Gasteiger partial charge is 0.491 e. The number of benzene rings is 1. The van der Waals surface area contributed by atoms with E-state index in [0.29, 0.717) is 11.6 Å². The van der Waals surface area contributed by atoms with E-state index < -0.39 is 7.12 Å². The third kappa shape index (κ3) is 1.77. The fourth-order valence-corrected chi connectivity index (χ4v) is 1.54. The Labute approximate surface area is 81.9 Å². The molecule has 0 saturated heterocycles. The van der Waals surface area contributed by atoms with Crippen LogP contribution in [-0.4, -0.2) is 18.7 Å². The van der Waals surface area contributed by atoms with Crippen LogP contribution in [-0.2, 0) is 4.65 Å². The van der Waals surface area contributed by atoms with Gasteiger partial charge in [-0.3, -0.25) is 0 Å². The normalized spacial score (nSPS) is 16.2. The third-order valence-electron chi connectivity index (χ3n) is 1.98. The van der Waals surface area contributed by atoms with Crippen LogP contribution in [0, 0.1) is 0 Å². The first-order valence-electron chi connectivity index (χ1n) is 4.03. The summed E-state index contributed by atoms with van der Waals surface area (Å²) in [6.45, 7) is 0.461. The van der Waals surface area contributed by atoms with Crippen molar-refractivity contribution in [3.05, 3.63) is 40.9 Å². The number of hydrogen-bond donors (Lipinski definition) is 1. The lowest BCUT2D eigenvalue weighted by atomic mass is 9.76. The molecule has 2 nitrogen and oxygen atoms in total. The molecule has 1 aliphatic rings. The maximum atomic E-state index is 9.40. The molecule has 0 fully saturated rings. The molecule has 1 N–H and O–H groups in total. The molecule has 1 heterocycles. The van der Waals surface area contributed by atoms with Crippen LogP contribution < -0.4 is 0 Å². The number of halogens is 1. The van der Waals surface area contributed by atoms with Crippen LogP contribution in [0.25, 0.3) is 5.47 Å². The molecule has 1 aromatic rings. The van der Waals surface area contributed by atoms with Gasteiger partial charge in [0.2, 0.25) is 0 Å². The standard InChI is InChI=1S/C9H8BClO2/c11-8-3-1-2-7(6-8)9-4-5-13-10(9)12/h1-4,6,12H,5H2. The molecule has 2 rings (SSSR count). The van der Waals surface area contributed by atoms with Crippen molar-refractivity contribution in [2.24, 2.45) is 0 Å². The second-order valence-corrected chi connectivity index (χ2v) is 3.29. The fourth-order valence-electron chi connectivity index (χ4n) is 1.35. The summed E-state index contributed by atoms with van der Waals surface area (Å²) in [7, 11) is -0.807. The van der Waals surface area contributed by atoms with Crippen molar-refractivity contribution in [1.82, 2.24) is 0 Å².